The number of alkyl halides is 3. The predicted molar refractivity (Wildman–Crippen MR) is 94.0 cm³/mol. The first-order valence-corrected chi connectivity index (χ1v) is 8.58. The standard InChI is InChI=1S/C15H16N6O.C2HF3O2/c22-13-6-15(10-21(13)12-7-16-11-17-8-12)2-5-20(9-15)14-18-3-1-4-19-14;3-2(4,5)1(6)7/h1,3-4,7-8,11H,2,5-6,9-10H2;(H,6,7). The van der Waals surface area contributed by atoms with Crippen molar-refractivity contribution >= 4 is 23.5 Å². The van der Waals surface area contributed by atoms with Crippen LogP contribution in [0.25, 0.3) is 0 Å². The van der Waals surface area contributed by atoms with Crippen LogP contribution in [-0.4, -0.2) is 62.7 Å². The molecule has 1 N–H and O–H groups in total. The Hall–Kier alpha value is -3.31. The van der Waals surface area contributed by atoms with Crippen molar-refractivity contribution in [3.05, 3.63) is 37.2 Å². The maximum Gasteiger partial charge on any atom is 0.490 e. The highest BCUT2D eigenvalue weighted by molar-refractivity contribution is 5.96. The van der Waals surface area contributed by atoms with Crippen molar-refractivity contribution in [2.24, 2.45) is 5.41 Å². The van der Waals surface area contributed by atoms with Crippen LogP contribution in [-0.2, 0) is 9.59 Å². The number of anilines is 2. The molecule has 0 saturated carbocycles. The van der Waals surface area contributed by atoms with Gasteiger partial charge in [-0.3, -0.25) is 4.79 Å². The molecule has 2 aromatic rings. The van der Waals surface area contributed by atoms with E-state index in [4.69, 9.17) is 9.90 Å². The van der Waals surface area contributed by atoms with Gasteiger partial charge in [-0.1, -0.05) is 0 Å². The first-order valence-electron chi connectivity index (χ1n) is 8.58. The van der Waals surface area contributed by atoms with Gasteiger partial charge in [-0.05, 0) is 12.5 Å². The van der Waals surface area contributed by atoms with Crippen LogP contribution < -0.4 is 9.80 Å². The van der Waals surface area contributed by atoms with E-state index in [-0.39, 0.29) is 11.3 Å². The van der Waals surface area contributed by atoms with E-state index in [0.29, 0.717) is 13.0 Å². The number of carboxylic acid groups (broad SMARTS) is 1. The monoisotopic (exact) mass is 410 g/mol. The van der Waals surface area contributed by atoms with Gasteiger partial charge in [-0.15, -0.1) is 0 Å². The maximum atomic E-state index is 12.4. The van der Waals surface area contributed by atoms with Crippen molar-refractivity contribution in [1.29, 1.82) is 0 Å². The van der Waals surface area contributed by atoms with Gasteiger partial charge in [0.25, 0.3) is 0 Å². The average Bonchev–Trinajstić information content (AvgIpc) is 3.26. The summed E-state index contributed by atoms with van der Waals surface area (Å²) >= 11 is 0. The number of hydrogen-bond acceptors (Lipinski definition) is 7. The van der Waals surface area contributed by atoms with Gasteiger partial charge in [0.05, 0.1) is 18.1 Å². The fourth-order valence-electron chi connectivity index (χ4n) is 3.40. The number of aromatic nitrogens is 4. The number of nitrogens with zero attached hydrogens (tertiary/aromatic N) is 6. The maximum absolute atomic E-state index is 12.4. The Morgan fingerprint density at radius 2 is 1.76 bits per heavy atom. The molecular formula is C17H17F3N6O3. The Morgan fingerprint density at radius 1 is 1.14 bits per heavy atom. The van der Waals surface area contributed by atoms with Crippen LogP contribution in [0.2, 0.25) is 0 Å². The van der Waals surface area contributed by atoms with E-state index in [9.17, 15) is 18.0 Å². The third kappa shape index (κ3) is 4.76. The summed E-state index contributed by atoms with van der Waals surface area (Å²) in [5.41, 5.74) is 0.755. The number of rotatable bonds is 2. The molecule has 2 aliphatic heterocycles. The molecule has 1 unspecified atom stereocenters. The molecule has 12 heteroatoms. The lowest BCUT2D eigenvalue weighted by Crippen LogP contribution is -2.31. The van der Waals surface area contributed by atoms with Crippen LogP contribution in [0, 0.1) is 5.41 Å². The summed E-state index contributed by atoms with van der Waals surface area (Å²) in [4.78, 5) is 41.9. The Balaban J connectivity index is 0.000000298. The summed E-state index contributed by atoms with van der Waals surface area (Å²) in [7, 11) is 0. The van der Waals surface area contributed by atoms with Gasteiger partial charge < -0.3 is 14.9 Å². The molecule has 154 valence electrons. The molecule has 1 spiro atoms. The Kier molecular flexibility index (Phi) is 5.62. The largest absolute Gasteiger partial charge is 0.490 e. The molecule has 0 aliphatic carbocycles. The molecule has 4 rings (SSSR count). The number of hydrogen-bond donors (Lipinski definition) is 1. The van der Waals surface area contributed by atoms with E-state index in [2.05, 4.69) is 24.8 Å². The van der Waals surface area contributed by atoms with Gasteiger partial charge >= 0.3 is 12.1 Å². The summed E-state index contributed by atoms with van der Waals surface area (Å²) in [5.74, 6) is -1.87. The molecule has 2 aromatic heterocycles. The summed E-state index contributed by atoms with van der Waals surface area (Å²) in [6.45, 7) is 2.41. The number of carboxylic acids is 1. The van der Waals surface area contributed by atoms with E-state index in [0.717, 1.165) is 31.1 Å². The van der Waals surface area contributed by atoms with Crippen molar-refractivity contribution in [2.75, 3.05) is 29.4 Å². The molecule has 9 nitrogen and oxygen atoms in total. The minimum Gasteiger partial charge on any atom is -0.475 e. The van der Waals surface area contributed by atoms with E-state index in [1.807, 2.05) is 6.07 Å². The number of halogens is 3. The normalized spacial score (nSPS) is 21.3. The van der Waals surface area contributed by atoms with E-state index in [1.165, 1.54) is 6.33 Å². The van der Waals surface area contributed by atoms with Crippen molar-refractivity contribution in [3.8, 4) is 0 Å². The predicted octanol–water partition coefficient (Wildman–Crippen LogP) is 1.53. The molecule has 2 saturated heterocycles. The third-order valence-electron chi connectivity index (χ3n) is 4.70. The first kappa shape index (κ1) is 20.4. The second kappa shape index (κ2) is 7.97. The highest BCUT2D eigenvalue weighted by atomic mass is 19.4. The highest BCUT2D eigenvalue weighted by Crippen LogP contribution is 2.42. The first-order chi connectivity index (χ1) is 13.7. The SMILES string of the molecule is O=C(O)C(F)(F)F.O=C1CC2(CCN(c3ncccn3)C2)CN1c1cncnc1. The summed E-state index contributed by atoms with van der Waals surface area (Å²) < 4.78 is 31.7. The van der Waals surface area contributed by atoms with Crippen LogP contribution in [0.15, 0.2) is 37.2 Å². The topological polar surface area (TPSA) is 112 Å². The molecule has 2 aliphatic rings. The van der Waals surface area contributed by atoms with E-state index in [1.54, 1.807) is 29.7 Å². The summed E-state index contributed by atoms with van der Waals surface area (Å²) in [6, 6.07) is 1.81. The van der Waals surface area contributed by atoms with Crippen LogP contribution >= 0.6 is 0 Å². The highest BCUT2D eigenvalue weighted by Gasteiger charge is 2.48. The average molecular weight is 410 g/mol. The Morgan fingerprint density at radius 3 is 2.34 bits per heavy atom. The second-order valence-electron chi connectivity index (χ2n) is 6.78. The van der Waals surface area contributed by atoms with Crippen molar-refractivity contribution < 1.29 is 27.9 Å². The molecule has 2 fully saturated rings. The number of amides is 1. The molecule has 29 heavy (non-hydrogen) atoms. The molecule has 1 atom stereocenters. The molecule has 0 radical (unpaired) electrons. The number of aliphatic carboxylic acids is 1. The zero-order valence-electron chi connectivity index (χ0n) is 15.1. The van der Waals surface area contributed by atoms with Crippen molar-refractivity contribution in [2.45, 2.75) is 19.0 Å². The Labute approximate surface area is 163 Å². The zero-order chi connectivity index (χ0) is 21.1. The molecular weight excluding hydrogens is 393 g/mol. The van der Waals surface area contributed by atoms with E-state index >= 15 is 0 Å². The summed E-state index contributed by atoms with van der Waals surface area (Å²) in [6.07, 6.45) is 4.81. The van der Waals surface area contributed by atoms with Gasteiger partial charge in [-0.2, -0.15) is 13.2 Å². The van der Waals surface area contributed by atoms with Crippen LogP contribution in [0.5, 0.6) is 0 Å². The van der Waals surface area contributed by atoms with E-state index < -0.39 is 12.1 Å². The van der Waals surface area contributed by atoms with Gasteiger partial charge in [0.1, 0.15) is 6.33 Å². The third-order valence-corrected chi connectivity index (χ3v) is 4.70. The van der Waals surface area contributed by atoms with Crippen LogP contribution in [0.4, 0.5) is 24.8 Å². The van der Waals surface area contributed by atoms with Gasteiger partial charge in [-0.25, -0.2) is 24.7 Å². The Bertz CT molecular complexity index is 868. The van der Waals surface area contributed by atoms with Gasteiger partial charge in [0.2, 0.25) is 11.9 Å². The van der Waals surface area contributed by atoms with Crippen LogP contribution in [0.3, 0.4) is 0 Å². The lowest BCUT2D eigenvalue weighted by Gasteiger charge is -2.23. The lowest BCUT2D eigenvalue weighted by molar-refractivity contribution is -0.192. The second-order valence-corrected chi connectivity index (χ2v) is 6.78. The minimum absolute atomic E-state index is 0.0217. The fraction of sp³-hybridized carbons (Fsp3) is 0.412. The molecule has 0 bridgehead atoms. The number of carbonyl (C=O) groups excluding carboxylic acids is 1. The molecule has 4 heterocycles. The molecule has 0 aromatic carbocycles. The van der Waals surface area contributed by atoms with Crippen molar-refractivity contribution in [1.82, 2.24) is 19.9 Å². The van der Waals surface area contributed by atoms with Crippen molar-refractivity contribution in [3.63, 3.8) is 0 Å². The number of carbonyl (C=O) groups is 2. The molecule has 1 amide bonds. The fourth-order valence-corrected chi connectivity index (χ4v) is 3.40. The van der Waals surface area contributed by atoms with Gasteiger partial charge in [0, 0.05) is 43.9 Å². The van der Waals surface area contributed by atoms with Gasteiger partial charge in [0.15, 0.2) is 0 Å². The quantitative estimate of drug-likeness (QED) is 0.793. The summed E-state index contributed by atoms with van der Waals surface area (Å²) in [5, 5.41) is 7.12. The minimum atomic E-state index is -5.08. The van der Waals surface area contributed by atoms with Crippen LogP contribution in [0.1, 0.15) is 12.8 Å². The lowest BCUT2D eigenvalue weighted by atomic mass is 9.86. The zero-order valence-corrected chi connectivity index (χ0v) is 15.1. The smallest absolute Gasteiger partial charge is 0.475 e.